The van der Waals surface area contributed by atoms with E-state index in [9.17, 15) is 9.59 Å². The number of hydrogen-bond donors (Lipinski definition) is 2. The normalized spacial score (nSPS) is 12.0. The summed E-state index contributed by atoms with van der Waals surface area (Å²) in [4.78, 5) is 25.4. The molecule has 11 heteroatoms. The third kappa shape index (κ3) is 6.91. The number of hydrogen-bond acceptors (Lipinski definition) is 5. The first-order valence-corrected chi connectivity index (χ1v) is 13.1. The molecule has 186 valence electrons. The third-order valence-corrected chi connectivity index (χ3v) is 7.22. The van der Waals surface area contributed by atoms with Crippen molar-refractivity contribution in [2.24, 2.45) is 5.92 Å². The summed E-state index contributed by atoms with van der Waals surface area (Å²) < 4.78 is 1.91. The van der Waals surface area contributed by atoms with E-state index in [1.807, 2.05) is 44.4 Å². The summed E-state index contributed by atoms with van der Waals surface area (Å²) in [5.74, 6) is 0.323. The predicted molar refractivity (Wildman–Crippen MR) is 143 cm³/mol. The number of anilines is 1. The van der Waals surface area contributed by atoms with Gasteiger partial charge in [-0.25, -0.2) is 0 Å². The molecule has 0 spiro atoms. The van der Waals surface area contributed by atoms with Gasteiger partial charge in [-0.15, -0.1) is 10.2 Å². The van der Waals surface area contributed by atoms with Crippen molar-refractivity contribution in [3.05, 3.63) is 68.4 Å². The van der Waals surface area contributed by atoms with Crippen molar-refractivity contribution in [3.8, 4) is 0 Å². The number of thioether (sulfide) groups is 1. The van der Waals surface area contributed by atoms with Crippen LogP contribution in [0.25, 0.3) is 0 Å². The topological polar surface area (TPSA) is 88.9 Å². The van der Waals surface area contributed by atoms with Crippen molar-refractivity contribution < 1.29 is 9.59 Å². The predicted octanol–water partition coefficient (Wildman–Crippen LogP) is 6.42. The molecule has 3 rings (SSSR count). The van der Waals surface area contributed by atoms with E-state index < -0.39 is 0 Å². The van der Waals surface area contributed by atoms with Crippen LogP contribution in [0.1, 0.15) is 48.6 Å². The van der Waals surface area contributed by atoms with Crippen molar-refractivity contribution >= 4 is 64.1 Å². The summed E-state index contributed by atoms with van der Waals surface area (Å²) in [6.07, 6.45) is 0. The van der Waals surface area contributed by atoms with Gasteiger partial charge in [0, 0.05) is 12.1 Å². The minimum absolute atomic E-state index is 0.0665. The molecule has 0 aliphatic rings. The number of carbonyl (C=O) groups is 2. The zero-order chi connectivity index (χ0) is 25.7. The number of aromatic nitrogens is 3. The zero-order valence-electron chi connectivity index (χ0n) is 19.7. The summed E-state index contributed by atoms with van der Waals surface area (Å²) in [6, 6.07) is 10.0. The molecule has 1 atom stereocenters. The average molecular weight is 555 g/mol. The first-order chi connectivity index (χ1) is 16.6. The van der Waals surface area contributed by atoms with Gasteiger partial charge >= 0.3 is 0 Å². The van der Waals surface area contributed by atoms with Crippen LogP contribution in [-0.4, -0.2) is 32.3 Å². The molecule has 1 heterocycles. The van der Waals surface area contributed by atoms with Gasteiger partial charge in [-0.2, -0.15) is 0 Å². The minimum atomic E-state index is -0.352. The molecule has 0 aliphatic heterocycles. The molecule has 0 saturated heterocycles. The summed E-state index contributed by atoms with van der Waals surface area (Å²) in [6.45, 7) is 8.53. The number of halogens is 3. The highest BCUT2D eigenvalue weighted by atomic mass is 35.5. The number of nitrogens with one attached hydrogen (secondary N) is 2. The van der Waals surface area contributed by atoms with Crippen molar-refractivity contribution in [1.29, 1.82) is 0 Å². The van der Waals surface area contributed by atoms with Gasteiger partial charge in [0.05, 0.1) is 32.5 Å². The largest absolute Gasteiger partial charge is 0.342 e. The van der Waals surface area contributed by atoms with Crippen molar-refractivity contribution in [1.82, 2.24) is 20.1 Å². The maximum Gasteiger partial charge on any atom is 0.251 e. The molecule has 0 unspecified atom stereocenters. The second-order valence-corrected chi connectivity index (χ2v) is 10.4. The Kier molecular flexibility index (Phi) is 9.47. The SMILES string of the molecule is CCn1c(SCC(=O)Nc2cc(Cl)c(Cl)cc2Cl)nnc1[C@@H](NC(=O)c1ccc(C)cc1)C(C)C. The highest BCUT2D eigenvalue weighted by Gasteiger charge is 2.26. The van der Waals surface area contributed by atoms with Crippen LogP contribution in [0.15, 0.2) is 41.6 Å². The molecule has 2 amide bonds. The van der Waals surface area contributed by atoms with Gasteiger partial charge in [-0.1, -0.05) is 78.1 Å². The Labute approximate surface area is 223 Å². The number of aryl methyl sites for hydroxylation is 1. The van der Waals surface area contributed by atoms with Gasteiger partial charge in [0.2, 0.25) is 5.91 Å². The lowest BCUT2D eigenvalue weighted by Crippen LogP contribution is -2.33. The Morgan fingerprint density at radius 3 is 2.31 bits per heavy atom. The average Bonchev–Trinajstić information content (AvgIpc) is 3.22. The fourth-order valence-electron chi connectivity index (χ4n) is 3.33. The Bertz CT molecular complexity index is 1210. The maximum atomic E-state index is 12.9. The van der Waals surface area contributed by atoms with Crippen LogP contribution < -0.4 is 10.6 Å². The Morgan fingerprint density at radius 2 is 1.69 bits per heavy atom. The van der Waals surface area contributed by atoms with E-state index in [1.165, 1.54) is 23.9 Å². The number of rotatable bonds is 9. The molecular weight excluding hydrogens is 529 g/mol. The number of amides is 2. The molecule has 1 aromatic heterocycles. The van der Waals surface area contributed by atoms with Crippen molar-refractivity contribution in [2.45, 2.75) is 45.4 Å². The lowest BCUT2D eigenvalue weighted by Gasteiger charge is -2.22. The van der Waals surface area contributed by atoms with E-state index in [-0.39, 0.29) is 29.5 Å². The molecule has 0 radical (unpaired) electrons. The van der Waals surface area contributed by atoms with Crippen LogP contribution in [0.5, 0.6) is 0 Å². The first-order valence-electron chi connectivity index (χ1n) is 11.0. The van der Waals surface area contributed by atoms with E-state index >= 15 is 0 Å². The summed E-state index contributed by atoms with van der Waals surface area (Å²) in [5, 5.41) is 15.9. The Hall–Kier alpha value is -2.26. The van der Waals surface area contributed by atoms with Gasteiger partial charge in [0.1, 0.15) is 0 Å². The smallest absolute Gasteiger partial charge is 0.251 e. The lowest BCUT2D eigenvalue weighted by molar-refractivity contribution is -0.113. The fourth-order valence-corrected chi connectivity index (χ4v) is 4.73. The van der Waals surface area contributed by atoms with Gasteiger partial charge < -0.3 is 15.2 Å². The monoisotopic (exact) mass is 553 g/mol. The van der Waals surface area contributed by atoms with E-state index in [2.05, 4.69) is 20.8 Å². The minimum Gasteiger partial charge on any atom is -0.342 e. The molecule has 0 saturated carbocycles. The van der Waals surface area contributed by atoms with Crippen LogP contribution in [0.4, 0.5) is 5.69 Å². The van der Waals surface area contributed by atoms with E-state index in [0.717, 1.165) is 5.56 Å². The highest BCUT2D eigenvalue weighted by Crippen LogP contribution is 2.32. The number of carbonyl (C=O) groups excluding carboxylic acids is 2. The fraction of sp³-hybridized carbons (Fsp3) is 0.333. The standard InChI is InChI=1S/C24H26Cl3N5O2S/c1-5-32-22(21(13(2)3)29-23(34)15-8-6-14(4)7-9-15)30-31-24(32)35-12-20(33)28-19-11-17(26)16(25)10-18(19)27/h6-11,13,21H,5,12H2,1-4H3,(H,28,33)(H,29,34)/t21-/m0/s1. The van der Waals surface area contributed by atoms with E-state index in [0.29, 0.717) is 43.8 Å². The first kappa shape index (κ1) is 27.3. The third-order valence-electron chi connectivity index (χ3n) is 5.22. The highest BCUT2D eigenvalue weighted by molar-refractivity contribution is 7.99. The quantitative estimate of drug-likeness (QED) is 0.235. The van der Waals surface area contributed by atoms with Gasteiger partial charge in [-0.05, 0) is 44.0 Å². The second kappa shape index (κ2) is 12.1. The van der Waals surface area contributed by atoms with Crippen LogP contribution in [0.2, 0.25) is 15.1 Å². The number of nitrogens with zero attached hydrogens (tertiary/aromatic N) is 3. The molecule has 35 heavy (non-hydrogen) atoms. The van der Waals surface area contributed by atoms with Crippen LogP contribution in [-0.2, 0) is 11.3 Å². The lowest BCUT2D eigenvalue weighted by atomic mass is 10.0. The zero-order valence-corrected chi connectivity index (χ0v) is 22.8. The molecule has 2 aromatic carbocycles. The van der Waals surface area contributed by atoms with Crippen molar-refractivity contribution in [3.63, 3.8) is 0 Å². The molecule has 0 aliphatic carbocycles. The molecule has 2 N–H and O–H groups in total. The maximum absolute atomic E-state index is 12.9. The van der Waals surface area contributed by atoms with Crippen LogP contribution in [0, 0.1) is 12.8 Å². The van der Waals surface area contributed by atoms with Gasteiger partial charge in [0.25, 0.3) is 5.91 Å². The Balaban J connectivity index is 1.72. The second-order valence-electron chi connectivity index (χ2n) is 8.23. The van der Waals surface area contributed by atoms with E-state index in [1.54, 1.807) is 12.1 Å². The summed E-state index contributed by atoms with van der Waals surface area (Å²) >= 11 is 19.4. The van der Waals surface area contributed by atoms with Crippen molar-refractivity contribution in [2.75, 3.05) is 11.1 Å². The summed E-state index contributed by atoms with van der Waals surface area (Å²) in [5.41, 5.74) is 2.04. The molecule has 7 nitrogen and oxygen atoms in total. The molecular formula is C24H26Cl3N5O2S. The molecule has 0 fully saturated rings. The summed E-state index contributed by atoms with van der Waals surface area (Å²) in [7, 11) is 0. The van der Waals surface area contributed by atoms with E-state index in [4.69, 9.17) is 34.8 Å². The van der Waals surface area contributed by atoms with Crippen LogP contribution in [0.3, 0.4) is 0 Å². The molecule has 0 bridgehead atoms. The Morgan fingerprint density at radius 1 is 1.03 bits per heavy atom. The van der Waals surface area contributed by atoms with Gasteiger partial charge in [-0.3, -0.25) is 9.59 Å². The molecule has 3 aromatic rings. The van der Waals surface area contributed by atoms with Gasteiger partial charge in [0.15, 0.2) is 11.0 Å². The van der Waals surface area contributed by atoms with Crippen LogP contribution >= 0.6 is 46.6 Å². The number of benzene rings is 2.